The third kappa shape index (κ3) is 3.08. The largest absolute Gasteiger partial charge is 0.393 e. The zero-order chi connectivity index (χ0) is 9.84. The molecule has 0 spiro atoms. The van der Waals surface area contributed by atoms with Gasteiger partial charge >= 0.3 is 0 Å². The molecule has 0 saturated heterocycles. The quantitative estimate of drug-likeness (QED) is 0.870. The van der Waals surface area contributed by atoms with E-state index in [1.54, 1.807) is 12.1 Å². The zero-order valence-corrected chi connectivity index (χ0v) is 9.01. The molecule has 3 heteroatoms. The first-order valence-corrected chi connectivity index (χ1v) is 5.04. The zero-order valence-electron chi connectivity index (χ0n) is 7.43. The summed E-state index contributed by atoms with van der Waals surface area (Å²) in [6.07, 6.45) is 0.584. The lowest BCUT2D eigenvalue weighted by Gasteiger charge is -2.08. The van der Waals surface area contributed by atoms with Gasteiger partial charge < -0.3 is 5.11 Å². The summed E-state index contributed by atoms with van der Waals surface area (Å²) in [5.74, 6) is -0.262. The Morgan fingerprint density at radius 2 is 2.23 bits per heavy atom. The molecule has 1 rings (SSSR count). The number of aliphatic hydroxyl groups excluding tert-OH is 1. The van der Waals surface area contributed by atoms with Crippen LogP contribution in [0, 0.1) is 5.82 Å². The minimum absolute atomic E-state index is 0.262. The minimum atomic E-state index is -0.448. The number of hydrogen-bond acceptors (Lipinski definition) is 1. The highest BCUT2D eigenvalue weighted by Gasteiger charge is 2.07. The van der Waals surface area contributed by atoms with Crippen molar-refractivity contribution >= 4 is 15.9 Å². The lowest BCUT2D eigenvalue weighted by molar-refractivity contribution is 0.169. The van der Waals surface area contributed by atoms with Crippen LogP contribution in [0.2, 0.25) is 0 Å². The van der Waals surface area contributed by atoms with Gasteiger partial charge in [0.1, 0.15) is 5.82 Å². The van der Waals surface area contributed by atoms with Crippen molar-refractivity contribution in [3.63, 3.8) is 0 Å². The minimum Gasteiger partial charge on any atom is -0.393 e. The first kappa shape index (κ1) is 10.7. The van der Waals surface area contributed by atoms with Crippen LogP contribution in [0.4, 0.5) is 4.39 Å². The summed E-state index contributed by atoms with van der Waals surface area (Å²) in [7, 11) is 0. The molecule has 0 radical (unpaired) electrons. The van der Waals surface area contributed by atoms with E-state index in [2.05, 4.69) is 15.9 Å². The molecule has 0 fully saturated rings. The molecule has 0 aromatic heterocycles. The van der Waals surface area contributed by atoms with E-state index in [9.17, 15) is 9.50 Å². The van der Waals surface area contributed by atoms with E-state index in [1.807, 2.05) is 6.92 Å². The standard InChI is InChI=1S/C10H12BrFO/c1-2-9(13)5-7-3-4-8(11)6-10(7)12/h3-4,6,9,13H,2,5H2,1H3/t9-/m0/s1. The van der Waals surface area contributed by atoms with Gasteiger partial charge in [0, 0.05) is 10.9 Å². The Hall–Kier alpha value is -0.410. The molecule has 1 N–H and O–H groups in total. The molecule has 0 aliphatic heterocycles. The number of hydrogen-bond donors (Lipinski definition) is 1. The SMILES string of the molecule is CC[C@H](O)Cc1ccc(Br)cc1F. The molecule has 72 valence electrons. The smallest absolute Gasteiger partial charge is 0.127 e. The van der Waals surface area contributed by atoms with E-state index in [4.69, 9.17) is 0 Å². The number of benzene rings is 1. The highest BCUT2D eigenvalue weighted by Crippen LogP contribution is 2.17. The van der Waals surface area contributed by atoms with Gasteiger partial charge in [-0.2, -0.15) is 0 Å². The van der Waals surface area contributed by atoms with Crippen LogP contribution in [0.3, 0.4) is 0 Å². The maximum absolute atomic E-state index is 13.2. The van der Waals surface area contributed by atoms with Crippen LogP contribution in [0.15, 0.2) is 22.7 Å². The lowest BCUT2D eigenvalue weighted by atomic mass is 10.1. The summed E-state index contributed by atoms with van der Waals surface area (Å²) in [5, 5.41) is 9.33. The lowest BCUT2D eigenvalue weighted by Crippen LogP contribution is -2.09. The first-order chi connectivity index (χ1) is 6.13. The van der Waals surface area contributed by atoms with Crippen molar-refractivity contribution in [2.45, 2.75) is 25.9 Å². The Bertz CT molecular complexity index is 288. The van der Waals surface area contributed by atoms with Crippen LogP contribution in [-0.4, -0.2) is 11.2 Å². The summed E-state index contributed by atoms with van der Waals surface area (Å²) in [5.41, 5.74) is 0.567. The molecule has 0 saturated carbocycles. The number of aliphatic hydroxyl groups is 1. The molecule has 0 amide bonds. The Morgan fingerprint density at radius 1 is 1.54 bits per heavy atom. The summed E-state index contributed by atoms with van der Waals surface area (Å²) in [6.45, 7) is 1.88. The van der Waals surface area contributed by atoms with Crippen LogP contribution in [-0.2, 0) is 6.42 Å². The van der Waals surface area contributed by atoms with Crippen molar-refractivity contribution in [3.05, 3.63) is 34.1 Å². The van der Waals surface area contributed by atoms with Gasteiger partial charge in [0.25, 0.3) is 0 Å². The van der Waals surface area contributed by atoms with Gasteiger partial charge in [0.2, 0.25) is 0 Å². The molecule has 0 aliphatic rings. The van der Waals surface area contributed by atoms with Crippen LogP contribution in [0.1, 0.15) is 18.9 Å². The van der Waals surface area contributed by atoms with Crippen LogP contribution < -0.4 is 0 Å². The Kier molecular flexibility index (Phi) is 3.88. The van der Waals surface area contributed by atoms with Gasteiger partial charge in [-0.25, -0.2) is 4.39 Å². The third-order valence-corrected chi connectivity index (χ3v) is 2.44. The van der Waals surface area contributed by atoms with Gasteiger partial charge in [-0.05, 0) is 24.1 Å². The highest BCUT2D eigenvalue weighted by atomic mass is 79.9. The van der Waals surface area contributed by atoms with Crippen molar-refractivity contribution in [2.75, 3.05) is 0 Å². The molecule has 0 heterocycles. The van der Waals surface area contributed by atoms with Crippen molar-refractivity contribution < 1.29 is 9.50 Å². The number of rotatable bonds is 3. The molecule has 0 bridgehead atoms. The van der Waals surface area contributed by atoms with Crippen molar-refractivity contribution in [2.24, 2.45) is 0 Å². The average Bonchev–Trinajstić information content (AvgIpc) is 2.09. The van der Waals surface area contributed by atoms with Crippen LogP contribution in [0.5, 0.6) is 0 Å². The predicted molar refractivity (Wildman–Crippen MR) is 54.1 cm³/mol. The highest BCUT2D eigenvalue weighted by molar-refractivity contribution is 9.10. The molecule has 1 aromatic rings. The Morgan fingerprint density at radius 3 is 2.77 bits per heavy atom. The third-order valence-electron chi connectivity index (χ3n) is 1.94. The second-order valence-electron chi connectivity index (χ2n) is 3.00. The van der Waals surface area contributed by atoms with Gasteiger partial charge in [-0.1, -0.05) is 28.9 Å². The second kappa shape index (κ2) is 4.72. The normalized spacial score (nSPS) is 12.9. The van der Waals surface area contributed by atoms with Gasteiger partial charge in [0.15, 0.2) is 0 Å². The van der Waals surface area contributed by atoms with Gasteiger partial charge in [-0.15, -0.1) is 0 Å². The Labute approximate surface area is 85.7 Å². The van der Waals surface area contributed by atoms with E-state index in [0.29, 0.717) is 18.4 Å². The van der Waals surface area contributed by atoms with Crippen molar-refractivity contribution in [1.82, 2.24) is 0 Å². The van der Waals surface area contributed by atoms with E-state index >= 15 is 0 Å². The average molecular weight is 247 g/mol. The van der Waals surface area contributed by atoms with Crippen molar-refractivity contribution in [3.8, 4) is 0 Å². The van der Waals surface area contributed by atoms with E-state index in [1.165, 1.54) is 6.07 Å². The molecular weight excluding hydrogens is 235 g/mol. The van der Waals surface area contributed by atoms with Crippen LogP contribution >= 0.6 is 15.9 Å². The summed E-state index contributed by atoms with van der Waals surface area (Å²) in [4.78, 5) is 0. The number of halogens is 2. The molecule has 0 aliphatic carbocycles. The fraction of sp³-hybridized carbons (Fsp3) is 0.400. The molecule has 1 nitrogen and oxygen atoms in total. The van der Waals surface area contributed by atoms with E-state index < -0.39 is 6.10 Å². The second-order valence-corrected chi connectivity index (χ2v) is 3.92. The molecule has 1 aromatic carbocycles. The monoisotopic (exact) mass is 246 g/mol. The van der Waals surface area contributed by atoms with Crippen LogP contribution in [0.25, 0.3) is 0 Å². The predicted octanol–water partition coefficient (Wildman–Crippen LogP) is 2.90. The summed E-state index contributed by atoms with van der Waals surface area (Å²) in [6, 6.07) is 4.89. The maximum Gasteiger partial charge on any atom is 0.127 e. The van der Waals surface area contributed by atoms with E-state index in [-0.39, 0.29) is 5.82 Å². The summed E-state index contributed by atoms with van der Waals surface area (Å²) < 4.78 is 13.9. The fourth-order valence-corrected chi connectivity index (χ4v) is 1.42. The molecule has 13 heavy (non-hydrogen) atoms. The summed E-state index contributed by atoms with van der Waals surface area (Å²) >= 11 is 3.18. The topological polar surface area (TPSA) is 20.2 Å². The maximum atomic E-state index is 13.2. The van der Waals surface area contributed by atoms with Gasteiger partial charge in [-0.3, -0.25) is 0 Å². The fourth-order valence-electron chi connectivity index (χ4n) is 1.09. The van der Waals surface area contributed by atoms with E-state index in [0.717, 1.165) is 4.47 Å². The van der Waals surface area contributed by atoms with Gasteiger partial charge in [0.05, 0.1) is 6.10 Å². The molecular formula is C10H12BrFO. The molecule has 0 unspecified atom stereocenters. The van der Waals surface area contributed by atoms with Crippen molar-refractivity contribution in [1.29, 1.82) is 0 Å². The molecule has 1 atom stereocenters. The Balaban J connectivity index is 2.77. The first-order valence-electron chi connectivity index (χ1n) is 4.25.